The minimum Gasteiger partial charge on any atom is -0.497 e. The molecule has 1 aliphatic heterocycles. The first-order valence-electron chi connectivity index (χ1n) is 8.36. The molecule has 1 heterocycles. The normalized spacial score (nSPS) is 17.3. The van der Waals surface area contributed by atoms with E-state index in [0.29, 0.717) is 6.61 Å². The Morgan fingerprint density at radius 1 is 1.25 bits per heavy atom. The van der Waals surface area contributed by atoms with Crippen LogP contribution in [0.1, 0.15) is 30.5 Å². The number of benzene rings is 2. The van der Waals surface area contributed by atoms with Crippen molar-refractivity contribution < 1.29 is 14.3 Å². The molecule has 24 heavy (non-hydrogen) atoms. The summed E-state index contributed by atoms with van der Waals surface area (Å²) in [5, 5.41) is 3.16. The smallest absolute Gasteiger partial charge is 0.227 e. The molecule has 0 fully saturated rings. The number of carbonyl (C=O) groups excluding carboxylic acids is 1. The number of ether oxygens (including phenoxy) is 2. The van der Waals surface area contributed by atoms with Crippen molar-refractivity contribution in [1.29, 1.82) is 0 Å². The summed E-state index contributed by atoms with van der Waals surface area (Å²) >= 11 is 0. The third kappa shape index (κ3) is 3.53. The van der Waals surface area contributed by atoms with E-state index in [1.165, 1.54) is 0 Å². The van der Waals surface area contributed by atoms with Crippen LogP contribution in [0.2, 0.25) is 0 Å². The van der Waals surface area contributed by atoms with E-state index in [9.17, 15) is 4.79 Å². The van der Waals surface area contributed by atoms with Gasteiger partial charge in [0.05, 0.1) is 19.1 Å². The van der Waals surface area contributed by atoms with E-state index in [1.807, 2.05) is 48.5 Å². The average molecular weight is 325 g/mol. The van der Waals surface area contributed by atoms with E-state index >= 15 is 0 Å². The molecule has 3 rings (SSSR count). The fraction of sp³-hybridized carbons (Fsp3) is 0.350. The summed E-state index contributed by atoms with van der Waals surface area (Å²) in [5.41, 5.74) is 2.19. The minimum absolute atomic E-state index is 0.000534. The van der Waals surface area contributed by atoms with Crippen LogP contribution in [0, 0.1) is 5.92 Å². The Balaban J connectivity index is 1.66. The number of hydrogen-bond donors (Lipinski definition) is 1. The second-order valence-corrected chi connectivity index (χ2v) is 6.06. The van der Waals surface area contributed by atoms with Crippen LogP contribution in [0.15, 0.2) is 48.5 Å². The summed E-state index contributed by atoms with van der Waals surface area (Å²) in [6.07, 6.45) is 1.56. The third-order valence-corrected chi connectivity index (χ3v) is 4.49. The highest BCUT2D eigenvalue weighted by molar-refractivity contribution is 5.80. The van der Waals surface area contributed by atoms with Crippen LogP contribution in [0.25, 0.3) is 0 Å². The number of fused-ring (bicyclic) bond motifs is 1. The number of nitrogens with one attached hydrogen (secondary N) is 1. The molecule has 0 spiro atoms. The molecule has 1 N–H and O–H groups in total. The Hall–Kier alpha value is -2.49. The molecule has 0 aromatic heterocycles. The average Bonchev–Trinajstić information content (AvgIpc) is 2.65. The molecule has 1 amide bonds. The fourth-order valence-electron chi connectivity index (χ4n) is 3.04. The van der Waals surface area contributed by atoms with Gasteiger partial charge in [0.15, 0.2) is 0 Å². The lowest BCUT2D eigenvalue weighted by Crippen LogP contribution is -2.39. The van der Waals surface area contributed by atoms with Gasteiger partial charge in [-0.3, -0.25) is 4.79 Å². The summed E-state index contributed by atoms with van der Waals surface area (Å²) in [6.45, 7) is 2.50. The lowest BCUT2D eigenvalue weighted by Gasteiger charge is -2.26. The summed E-state index contributed by atoms with van der Waals surface area (Å²) in [5.74, 6) is 1.61. The molecule has 0 aliphatic carbocycles. The molecule has 0 bridgehead atoms. The zero-order chi connectivity index (χ0) is 16.9. The van der Waals surface area contributed by atoms with Crippen LogP contribution >= 0.6 is 0 Å². The molecule has 0 saturated carbocycles. The maximum Gasteiger partial charge on any atom is 0.227 e. The largest absolute Gasteiger partial charge is 0.497 e. The van der Waals surface area contributed by atoms with Gasteiger partial charge in [-0.2, -0.15) is 0 Å². The first kappa shape index (κ1) is 16.4. The molecule has 4 heteroatoms. The van der Waals surface area contributed by atoms with Crippen molar-refractivity contribution >= 4 is 5.91 Å². The van der Waals surface area contributed by atoms with E-state index in [1.54, 1.807) is 7.11 Å². The lowest BCUT2D eigenvalue weighted by molar-refractivity contribution is -0.127. The quantitative estimate of drug-likeness (QED) is 0.915. The predicted molar refractivity (Wildman–Crippen MR) is 93.3 cm³/mol. The standard InChI is InChI=1S/C20H23NO3/c1-3-18(14-8-10-17(23-2)11-9-14)21-20(22)16-12-15-6-4-5-7-19(15)24-13-16/h4-11,16,18H,3,12-13H2,1-2H3,(H,21,22). The number of hydrogen-bond acceptors (Lipinski definition) is 3. The highest BCUT2D eigenvalue weighted by Crippen LogP contribution is 2.28. The Morgan fingerprint density at radius 3 is 2.71 bits per heavy atom. The third-order valence-electron chi connectivity index (χ3n) is 4.49. The van der Waals surface area contributed by atoms with Gasteiger partial charge >= 0.3 is 0 Å². The molecular weight excluding hydrogens is 302 g/mol. The zero-order valence-electron chi connectivity index (χ0n) is 14.1. The summed E-state index contributed by atoms with van der Waals surface area (Å²) in [4.78, 5) is 12.7. The Morgan fingerprint density at radius 2 is 2.00 bits per heavy atom. The van der Waals surface area contributed by atoms with E-state index in [4.69, 9.17) is 9.47 Å². The van der Waals surface area contributed by atoms with Crippen molar-refractivity contribution in [3.8, 4) is 11.5 Å². The van der Waals surface area contributed by atoms with Gasteiger partial charge in [0.2, 0.25) is 5.91 Å². The number of methoxy groups -OCH3 is 1. The number of para-hydroxylation sites is 1. The highest BCUT2D eigenvalue weighted by atomic mass is 16.5. The minimum atomic E-state index is -0.146. The van der Waals surface area contributed by atoms with Crippen molar-refractivity contribution in [2.45, 2.75) is 25.8 Å². The van der Waals surface area contributed by atoms with Crippen LogP contribution in [-0.2, 0) is 11.2 Å². The van der Waals surface area contributed by atoms with Crippen LogP contribution in [0.5, 0.6) is 11.5 Å². The predicted octanol–water partition coefficient (Wildman–Crippen LogP) is 3.51. The van der Waals surface area contributed by atoms with Crippen molar-refractivity contribution in [3.63, 3.8) is 0 Å². The van der Waals surface area contributed by atoms with E-state index in [2.05, 4.69) is 12.2 Å². The maximum atomic E-state index is 12.7. The Labute approximate surface area is 142 Å². The molecule has 126 valence electrons. The first-order valence-corrected chi connectivity index (χ1v) is 8.36. The SMILES string of the molecule is CCC(NC(=O)C1COc2ccccc2C1)c1ccc(OC)cc1. The molecule has 0 radical (unpaired) electrons. The molecule has 4 nitrogen and oxygen atoms in total. The number of amides is 1. The Kier molecular flexibility index (Phi) is 5.04. The summed E-state index contributed by atoms with van der Waals surface area (Å²) in [6, 6.07) is 15.8. The molecular formula is C20H23NO3. The van der Waals surface area contributed by atoms with Gasteiger partial charge in [-0.15, -0.1) is 0 Å². The van der Waals surface area contributed by atoms with Gasteiger partial charge < -0.3 is 14.8 Å². The molecule has 2 aromatic rings. The van der Waals surface area contributed by atoms with Gasteiger partial charge in [-0.05, 0) is 42.2 Å². The van der Waals surface area contributed by atoms with Gasteiger partial charge in [0, 0.05) is 0 Å². The second kappa shape index (κ2) is 7.39. The Bertz CT molecular complexity index is 696. The monoisotopic (exact) mass is 325 g/mol. The van der Waals surface area contributed by atoms with E-state index < -0.39 is 0 Å². The summed E-state index contributed by atoms with van der Waals surface area (Å²) < 4.78 is 10.9. The number of rotatable bonds is 5. The fourth-order valence-corrected chi connectivity index (χ4v) is 3.04. The lowest BCUT2D eigenvalue weighted by atomic mass is 9.95. The zero-order valence-corrected chi connectivity index (χ0v) is 14.1. The van der Waals surface area contributed by atoms with Crippen LogP contribution in [0.4, 0.5) is 0 Å². The van der Waals surface area contributed by atoms with Gasteiger partial charge in [0.1, 0.15) is 18.1 Å². The first-order chi connectivity index (χ1) is 11.7. The number of carbonyl (C=O) groups is 1. The van der Waals surface area contributed by atoms with Crippen molar-refractivity contribution in [1.82, 2.24) is 5.32 Å². The highest BCUT2D eigenvalue weighted by Gasteiger charge is 2.27. The molecule has 2 aromatic carbocycles. The van der Waals surface area contributed by atoms with Crippen molar-refractivity contribution in [2.75, 3.05) is 13.7 Å². The van der Waals surface area contributed by atoms with Gasteiger partial charge in [-0.25, -0.2) is 0 Å². The van der Waals surface area contributed by atoms with Gasteiger partial charge in [-0.1, -0.05) is 37.3 Å². The summed E-state index contributed by atoms with van der Waals surface area (Å²) in [7, 11) is 1.65. The van der Waals surface area contributed by atoms with E-state index in [-0.39, 0.29) is 17.9 Å². The molecule has 2 atom stereocenters. The molecule has 1 aliphatic rings. The van der Waals surface area contributed by atoms with E-state index in [0.717, 1.165) is 35.5 Å². The van der Waals surface area contributed by atoms with Crippen LogP contribution in [-0.4, -0.2) is 19.6 Å². The van der Waals surface area contributed by atoms with Crippen molar-refractivity contribution in [2.24, 2.45) is 5.92 Å². The topological polar surface area (TPSA) is 47.6 Å². The van der Waals surface area contributed by atoms with Gasteiger partial charge in [0.25, 0.3) is 0 Å². The second-order valence-electron chi connectivity index (χ2n) is 6.06. The molecule has 0 saturated heterocycles. The van der Waals surface area contributed by atoms with Crippen LogP contribution in [0.3, 0.4) is 0 Å². The maximum absolute atomic E-state index is 12.7. The van der Waals surface area contributed by atoms with Crippen LogP contribution < -0.4 is 14.8 Å². The molecule has 2 unspecified atom stereocenters. The van der Waals surface area contributed by atoms with Crippen molar-refractivity contribution in [3.05, 3.63) is 59.7 Å².